The first-order valence-corrected chi connectivity index (χ1v) is 10.6. The third-order valence-corrected chi connectivity index (χ3v) is 5.87. The highest BCUT2D eigenvalue weighted by Gasteiger charge is 2.17. The van der Waals surface area contributed by atoms with Crippen LogP contribution in [-0.4, -0.2) is 40.6 Å². The highest BCUT2D eigenvalue weighted by molar-refractivity contribution is 5.94. The maximum absolute atomic E-state index is 12.8. The van der Waals surface area contributed by atoms with Crippen molar-refractivity contribution in [1.29, 1.82) is 0 Å². The van der Waals surface area contributed by atoms with Crippen molar-refractivity contribution < 1.29 is 9.32 Å². The molecule has 0 bridgehead atoms. The molecule has 0 unspecified atom stereocenters. The lowest BCUT2D eigenvalue weighted by atomic mass is 10.1. The van der Waals surface area contributed by atoms with E-state index in [1.807, 2.05) is 56.9 Å². The van der Waals surface area contributed by atoms with Gasteiger partial charge in [0.05, 0.1) is 11.4 Å². The zero-order valence-electron chi connectivity index (χ0n) is 19.1. The number of amides is 1. The lowest BCUT2D eigenvalue weighted by Gasteiger charge is -2.04. The molecule has 4 aromatic heterocycles. The number of hydrogen-bond acceptors (Lipinski definition) is 6. The second-order valence-corrected chi connectivity index (χ2v) is 8.13. The molecule has 0 saturated heterocycles. The Labute approximate surface area is 189 Å². The molecule has 0 aliphatic heterocycles. The molecule has 1 amide bonds. The molecule has 168 valence electrons. The van der Waals surface area contributed by atoms with Crippen LogP contribution >= 0.6 is 0 Å². The van der Waals surface area contributed by atoms with E-state index in [0.717, 1.165) is 44.8 Å². The second-order valence-electron chi connectivity index (χ2n) is 8.13. The van der Waals surface area contributed by atoms with Gasteiger partial charge in [-0.15, -0.1) is 0 Å². The van der Waals surface area contributed by atoms with Crippen LogP contribution in [0, 0.1) is 20.8 Å². The minimum atomic E-state index is -0.226. The van der Waals surface area contributed by atoms with Crippen molar-refractivity contribution in [2.45, 2.75) is 27.3 Å². The van der Waals surface area contributed by atoms with E-state index in [1.54, 1.807) is 17.7 Å². The quantitative estimate of drug-likeness (QED) is 0.430. The summed E-state index contributed by atoms with van der Waals surface area (Å²) in [5, 5.41) is 16.6. The minimum absolute atomic E-state index is 0.226. The molecule has 10 heteroatoms. The molecular weight excluding hydrogens is 420 g/mol. The number of fused-ring (bicyclic) bond motifs is 1. The highest BCUT2D eigenvalue weighted by Crippen LogP contribution is 2.28. The average molecular weight is 444 g/mol. The fourth-order valence-corrected chi connectivity index (χ4v) is 3.99. The van der Waals surface area contributed by atoms with E-state index in [2.05, 4.69) is 30.6 Å². The molecule has 4 heterocycles. The van der Waals surface area contributed by atoms with Gasteiger partial charge in [0.15, 0.2) is 11.5 Å². The normalized spacial score (nSPS) is 11.4. The van der Waals surface area contributed by atoms with Gasteiger partial charge in [-0.2, -0.15) is 15.2 Å². The molecule has 5 aromatic rings. The molecule has 0 aliphatic rings. The van der Waals surface area contributed by atoms with E-state index >= 15 is 0 Å². The Morgan fingerprint density at radius 1 is 1.09 bits per heavy atom. The van der Waals surface area contributed by atoms with Gasteiger partial charge in [-0.25, -0.2) is 0 Å². The van der Waals surface area contributed by atoms with Gasteiger partial charge >= 0.3 is 0 Å². The van der Waals surface area contributed by atoms with Crippen molar-refractivity contribution >= 4 is 16.8 Å². The summed E-state index contributed by atoms with van der Waals surface area (Å²) in [4.78, 5) is 20.3. The van der Waals surface area contributed by atoms with Crippen LogP contribution in [0.4, 0.5) is 0 Å². The predicted molar refractivity (Wildman–Crippen MR) is 122 cm³/mol. The Bertz CT molecular complexity index is 1500. The zero-order valence-corrected chi connectivity index (χ0v) is 19.1. The number of carbonyl (C=O) groups is 1. The Kier molecular flexibility index (Phi) is 4.85. The molecule has 0 atom stereocenters. The van der Waals surface area contributed by atoms with Gasteiger partial charge in [-0.1, -0.05) is 11.2 Å². The van der Waals surface area contributed by atoms with Crippen molar-refractivity contribution in [2.75, 3.05) is 0 Å². The fraction of sp³-hybridized carbons (Fsp3) is 0.261. The first kappa shape index (κ1) is 20.7. The van der Waals surface area contributed by atoms with Crippen LogP contribution in [0.25, 0.3) is 33.7 Å². The summed E-state index contributed by atoms with van der Waals surface area (Å²) in [6, 6.07) is 9.78. The van der Waals surface area contributed by atoms with Crippen LogP contribution in [0.2, 0.25) is 0 Å². The second kappa shape index (κ2) is 7.73. The predicted octanol–water partition coefficient (Wildman–Crippen LogP) is 3.21. The Hall–Kier alpha value is -4.21. The van der Waals surface area contributed by atoms with Crippen LogP contribution < -0.4 is 5.32 Å². The number of aromatic nitrogens is 7. The molecule has 0 fully saturated rings. The van der Waals surface area contributed by atoms with Crippen LogP contribution in [0.5, 0.6) is 0 Å². The summed E-state index contributed by atoms with van der Waals surface area (Å²) in [6.07, 6.45) is 0. The third-order valence-electron chi connectivity index (χ3n) is 5.87. The van der Waals surface area contributed by atoms with Gasteiger partial charge in [-0.05, 0) is 45.0 Å². The molecule has 2 N–H and O–H groups in total. The number of carbonyl (C=O) groups excluding carboxylic acids is 1. The summed E-state index contributed by atoms with van der Waals surface area (Å²) in [5.74, 6) is 0.805. The standard InChI is InChI=1S/C23H24N8O2/c1-12-17(13(2)30(4)27-12)11-24-22(32)19-10-21(31(5)28-19)15-6-7-18-16(8-15)9-20(26-18)23-25-14(3)29-33-23/h6-10,26H,11H2,1-5H3,(H,24,32). The van der Waals surface area contributed by atoms with Crippen LogP contribution in [0.3, 0.4) is 0 Å². The topological polar surface area (TPSA) is 119 Å². The van der Waals surface area contributed by atoms with Crippen LogP contribution in [0.15, 0.2) is 34.9 Å². The SMILES string of the molecule is Cc1noc(-c2cc3cc(-c4cc(C(=O)NCc5c(C)nn(C)c5C)nn4C)ccc3[nH]2)n1. The summed E-state index contributed by atoms with van der Waals surface area (Å²) in [6.45, 7) is 6.12. The summed E-state index contributed by atoms with van der Waals surface area (Å²) in [5.41, 5.74) is 6.82. The van der Waals surface area contributed by atoms with E-state index < -0.39 is 0 Å². The fourth-order valence-electron chi connectivity index (χ4n) is 3.99. The van der Waals surface area contributed by atoms with Gasteiger partial charge in [0.2, 0.25) is 0 Å². The smallest absolute Gasteiger partial charge is 0.274 e. The molecule has 10 nitrogen and oxygen atoms in total. The van der Waals surface area contributed by atoms with Gasteiger partial charge in [-0.3, -0.25) is 14.2 Å². The summed E-state index contributed by atoms with van der Waals surface area (Å²) >= 11 is 0. The van der Waals surface area contributed by atoms with E-state index in [9.17, 15) is 4.79 Å². The summed E-state index contributed by atoms with van der Waals surface area (Å²) < 4.78 is 8.79. The van der Waals surface area contributed by atoms with E-state index in [-0.39, 0.29) is 5.91 Å². The van der Waals surface area contributed by atoms with Gasteiger partial charge in [0.25, 0.3) is 11.8 Å². The van der Waals surface area contributed by atoms with Gasteiger partial charge in [0, 0.05) is 48.4 Å². The molecule has 0 spiro atoms. The number of aryl methyl sites for hydroxylation is 4. The average Bonchev–Trinajstić information content (AvgIpc) is 3.53. The van der Waals surface area contributed by atoms with E-state index in [0.29, 0.717) is 24.0 Å². The Morgan fingerprint density at radius 3 is 2.61 bits per heavy atom. The van der Waals surface area contributed by atoms with E-state index in [4.69, 9.17) is 4.52 Å². The van der Waals surface area contributed by atoms with Gasteiger partial charge in [0.1, 0.15) is 5.69 Å². The number of H-pyrrole nitrogens is 1. The van der Waals surface area contributed by atoms with E-state index in [1.165, 1.54) is 0 Å². The van der Waals surface area contributed by atoms with Gasteiger partial charge < -0.3 is 14.8 Å². The number of benzene rings is 1. The molecular formula is C23H24N8O2. The largest absolute Gasteiger partial charge is 0.351 e. The number of hydrogen-bond donors (Lipinski definition) is 2. The Balaban J connectivity index is 1.39. The molecule has 33 heavy (non-hydrogen) atoms. The van der Waals surface area contributed by atoms with Crippen molar-refractivity contribution in [1.82, 2.24) is 40.0 Å². The summed E-state index contributed by atoms with van der Waals surface area (Å²) in [7, 11) is 3.72. The molecule has 1 aromatic carbocycles. The van der Waals surface area contributed by atoms with Crippen molar-refractivity contribution in [2.24, 2.45) is 14.1 Å². The number of rotatable bonds is 5. The third kappa shape index (κ3) is 3.69. The molecule has 0 radical (unpaired) electrons. The monoisotopic (exact) mass is 444 g/mol. The number of nitrogens with one attached hydrogen (secondary N) is 2. The zero-order chi connectivity index (χ0) is 23.3. The molecule has 0 aliphatic carbocycles. The van der Waals surface area contributed by atoms with Crippen LogP contribution in [0.1, 0.15) is 33.3 Å². The Morgan fingerprint density at radius 2 is 1.91 bits per heavy atom. The minimum Gasteiger partial charge on any atom is -0.351 e. The highest BCUT2D eigenvalue weighted by atomic mass is 16.5. The first-order chi connectivity index (χ1) is 15.8. The van der Waals surface area contributed by atoms with Crippen molar-refractivity contribution in [3.8, 4) is 22.8 Å². The maximum atomic E-state index is 12.8. The first-order valence-electron chi connectivity index (χ1n) is 10.6. The van der Waals surface area contributed by atoms with Crippen LogP contribution in [-0.2, 0) is 20.6 Å². The molecule has 0 saturated carbocycles. The lowest BCUT2D eigenvalue weighted by Crippen LogP contribution is -2.24. The molecule has 5 rings (SSSR count). The lowest BCUT2D eigenvalue weighted by molar-refractivity contribution is 0.0945. The van der Waals surface area contributed by atoms with Crippen molar-refractivity contribution in [3.05, 3.63) is 58.8 Å². The number of aromatic amines is 1. The maximum Gasteiger partial charge on any atom is 0.274 e. The number of nitrogens with zero attached hydrogens (tertiary/aromatic N) is 6. The van der Waals surface area contributed by atoms with Crippen molar-refractivity contribution in [3.63, 3.8) is 0 Å².